The summed E-state index contributed by atoms with van der Waals surface area (Å²) in [7, 11) is 4.78. The Bertz CT molecular complexity index is 809. The van der Waals surface area contributed by atoms with Gasteiger partial charge in [-0.2, -0.15) is 13.2 Å². The maximum absolute atomic E-state index is 12.1. The first-order chi connectivity index (χ1) is 13.8. The van der Waals surface area contributed by atoms with Gasteiger partial charge in [-0.15, -0.1) is 0 Å². The third-order valence-electron chi connectivity index (χ3n) is 3.89. The monoisotopic (exact) mass is 411 g/mol. The van der Waals surface area contributed by atoms with E-state index in [0.717, 1.165) is 11.3 Å². The zero-order valence-electron chi connectivity index (χ0n) is 16.5. The third-order valence-corrected chi connectivity index (χ3v) is 3.89. The van der Waals surface area contributed by atoms with E-state index in [9.17, 15) is 13.2 Å². The number of hydrogen-bond acceptors (Lipinski definition) is 4. The molecule has 0 aliphatic rings. The van der Waals surface area contributed by atoms with Crippen molar-refractivity contribution in [3.8, 4) is 11.5 Å². The number of ether oxygens (including phenoxy) is 3. The first kappa shape index (κ1) is 22.4. The molecule has 2 aromatic rings. The largest absolute Gasteiger partial charge is 0.493 e. The Hall–Kier alpha value is -2.94. The van der Waals surface area contributed by atoms with Crippen LogP contribution in [0.1, 0.15) is 11.1 Å². The minimum absolute atomic E-state index is 0.0876. The van der Waals surface area contributed by atoms with E-state index in [2.05, 4.69) is 20.4 Å². The van der Waals surface area contributed by atoms with Gasteiger partial charge in [0.1, 0.15) is 6.61 Å². The number of methoxy groups -OCH3 is 2. The topological polar surface area (TPSA) is 64.1 Å². The van der Waals surface area contributed by atoms with E-state index in [0.29, 0.717) is 29.6 Å². The second-order valence-electron chi connectivity index (χ2n) is 6.05. The number of anilines is 1. The smallest absolute Gasteiger partial charge is 0.411 e. The van der Waals surface area contributed by atoms with E-state index in [-0.39, 0.29) is 6.61 Å². The highest BCUT2D eigenvalue weighted by atomic mass is 19.4. The molecule has 0 radical (unpaired) electrons. The summed E-state index contributed by atoms with van der Waals surface area (Å²) in [6.07, 6.45) is -4.32. The number of hydrogen-bond donors (Lipinski definition) is 2. The van der Waals surface area contributed by atoms with E-state index in [1.807, 2.05) is 18.2 Å². The fourth-order valence-electron chi connectivity index (χ4n) is 2.45. The highest BCUT2D eigenvalue weighted by Crippen LogP contribution is 2.29. The van der Waals surface area contributed by atoms with Crippen LogP contribution in [0.4, 0.5) is 18.9 Å². The molecular formula is C20H24F3N3O3. The number of nitrogens with one attached hydrogen (secondary N) is 2. The SMILES string of the molecule is CN=C(NCc1ccc(COCC(F)(F)F)cc1)Nc1ccc(OC)c(OC)c1. The van der Waals surface area contributed by atoms with E-state index < -0.39 is 12.8 Å². The van der Waals surface area contributed by atoms with Crippen LogP contribution in [0.3, 0.4) is 0 Å². The van der Waals surface area contributed by atoms with Crippen molar-refractivity contribution in [2.75, 3.05) is 33.2 Å². The van der Waals surface area contributed by atoms with Gasteiger partial charge in [-0.3, -0.25) is 4.99 Å². The normalized spacial score (nSPS) is 11.9. The van der Waals surface area contributed by atoms with Crippen molar-refractivity contribution < 1.29 is 27.4 Å². The maximum atomic E-state index is 12.1. The van der Waals surface area contributed by atoms with Crippen molar-refractivity contribution in [2.45, 2.75) is 19.3 Å². The van der Waals surface area contributed by atoms with Crippen LogP contribution >= 0.6 is 0 Å². The average Bonchev–Trinajstić information content (AvgIpc) is 2.71. The first-order valence-electron chi connectivity index (χ1n) is 8.76. The number of guanidine groups is 1. The van der Waals surface area contributed by atoms with Gasteiger partial charge in [0, 0.05) is 25.3 Å². The lowest BCUT2D eigenvalue weighted by Crippen LogP contribution is -2.30. The molecule has 0 spiro atoms. The van der Waals surface area contributed by atoms with E-state index in [1.165, 1.54) is 0 Å². The molecule has 0 heterocycles. The fourth-order valence-corrected chi connectivity index (χ4v) is 2.45. The lowest BCUT2D eigenvalue weighted by Gasteiger charge is -2.14. The van der Waals surface area contributed by atoms with E-state index >= 15 is 0 Å². The fraction of sp³-hybridized carbons (Fsp3) is 0.350. The molecular weight excluding hydrogens is 387 g/mol. The minimum atomic E-state index is -4.32. The molecule has 0 saturated heterocycles. The van der Waals surface area contributed by atoms with E-state index in [4.69, 9.17) is 9.47 Å². The van der Waals surface area contributed by atoms with Crippen molar-refractivity contribution in [3.63, 3.8) is 0 Å². The number of rotatable bonds is 8. The maximum Gasteiger partial charge on any atom is 0.411 e. The van der Waals surface area contributed by atoms with Crippen LogP contribution in [0.5, 0.6) is 11.5 Å². The Morgan fingerprint density at radius 1 is 0.966 bits per heavy atom. The lowest BCUT2D eigenvalue weighted by molar-refractivity contribution is -0.176. The molecule has 2 rings (SSSR count). The second-order valence-corrected chi connectivity index (χ2v) is 6.05. The number of benzene rings is 2. The molecule has 0 saturated carbocycles. The molecule has 0 fully saturated rings. The molecule has 29 heavy (non-hydrogen) atoms. The van der Waals surface area contributed by atoms with Crippen LogP contribution in [-0.4, -0.2) is 40.0 Å². The number of halogens is 3. The summed E-state index contributed by atoms with van der Waals surface area (Å²) >= 11 is 0. The van der Waals surface area contributed by atoms with Crippen molar-refractivity contribution in [1.29, 1.82) is 0 Å². The molecule has 158 valence electrons. The highest BCUT2D eigenvalue weighted by molar-refractivity contribution is 5.93. The molecule has 0 amide bonds. The zero-order chi connectivity index (χ0) is 21.3. The Balaban J connectivity index is 1.87. The van der Waals surface area contributed by atoms with Gasteiger partial charge < -0.3 is 24.8 Å². The summed E-state index contributed by atoms with van der Waals surface area (Å²) < 4.78 is 51.5. The molecule has 2 N–H and O–H groups in total. The van der Waals surface area contributed by atoms with Crippen molar-refractivity contribution >= 4 is 11.6 Å². The summed E-state index contributed by atoms with van der Waals surface area (Å²) in [4.78, 5) is 4.17. The second kappa shape index (κ2) is 10.6. The van der Waals surface area contributed by atoms with Gasteiger partial charge in [-0.05, 0) is 23.3 Å². The van der Waals surface area contributed by atoms with Crippen molar-refractivity contribution in [2.24, 2.45) is 4.99 Å². The average molecular weight is 411 g/mol. The Kier molecular flexibility index (Phi) is 8.14. The summed E-state index contributed by atoms with van der Waals surface area (Å²) in [5.74, 6) is 1.77. The van der Waals surface area contributed by atoms with Crippen LogP contribution in [0.2, 0.25) is 0 Å². The van der Waals surface area contributed by atoms with Crippen molar-refractivity contribution in [1.82, 2.24) is 5.32 Å². The Labute approximate surface area is 167 Å². The third kappa shape index (κ3) is 7.53. The number of alkyl halides is 3. The molecule has 2 aromatic carbocycles. The molecule has 0 unspecified atom stereocenters. The standard InChI is InChI=1S/C20H24F3N3O3/c1-24-19(26-16-8-9-17(27-2)18(10-16)28-3)25-11-14-4-6-15(7-5-14)12-29-13-20(21,22)23/h4-10H,11-13H2,1-3H3,(H2,24,25,26). The van der Waals surface area contributed by atoms with Crippen LogP contribution in [-0.2, 0) is 17.9 Å². The highest BCUT2D eigenvalue weighted by Gasteiger charge is 2.27. The molecule has 0 aromatic heterocycles. The van der Waals surface area contributed by atoms with Crippen LogP contribution in [0, 0.1) is 0 Å². The number of nitrogens with zero attached hydrogens (tertiary/aromatic N) is 1. The van der Waals surface area contributed by atoms with Gasteiger partial charge in [-0.25, -0.2) is 0 Å². The molecule has 0 bridgehead atoms. The van der Waals surface area contributed by atoms with Gasteiger partial charge in [-0.1, -0.05) is 24.3 Å². The summed E-state index contributed by atoms with van der Waals surface area (Å²) in [6.45, 7) is -0.860. The van der Waals surface area contributed by atoms with Gasteiger partial charge in [0.2, 0.25) is 0 Å². The minimum Gasteiger partial charge on any atom is -0.493 e. The Morgan fingerprint density at radius 2 is 1.62 bits per heavy atom. The van der Waals surface area contributed by atoms with Crippen LogP contribution in [0.15, 0.2) is 47.5 Å². The molecule has 0 aliphatic carbocycles. The first-order valence-corrected chi connectivity index (χ1v) is 8.76. The summed E-state index contributed by atoms with van der Waals surface area (Å²) in [5.41, 5.74) is 2.39. The molecule has 6 nitrogen and oxygen atoms in total. The lowest BCUT2D eigenvalue weighted by atomic mass is 10.1. The molecule has 9 heteroatoms. The molecule has 0 atom stereocenters. The van der Waals surface area contributed by atoms with Gasteiger partial charge in [0.05, 0.1) is 20.8 Å². The Morgan fingerprint density at radius 3 is 2.21 bits per heavy atom. The summed E-state index contributed by atoms with van der Waals surface area (Å²) in [6, 6.07) is 12.5. The number of aliphatic imine (C=N–C) groups is 1. The predicted molar refractivity (Wildman–Crippen MR) is 106 cm³/mol. The van der Waals surface area contributed by atoms with Gasteiger partial charge >= 0.3 is 6.18 Å². The van der Waals surface area contributed by atoms with Gasteiger partial charge in [0.25, 0.3) is 0 Å². The quantitative estimate of drug-likeness (QED) is 0.508. The predicted octanol–water partition coefficient (Wildman–Crippen LogP) is 3.97. The zero-order valence-corrected chi connectivity index (χ0v) is 16.5. The van der Waals surface area contributed by atoms with Gasteiger partial charge in [0.15, 0.2) is 17.5 Å². The van der Waals surface area contributed by atoms with Crippen molar-refractivity contribution in [3.05, 3.63) is 53.6 Å². The van der Waals surface area contributed by atoms with Crippen LogP contribution < -0.4 is 20.1 Å². The molecule has 0 aliphatic heterocycles. The van der Waals surface area contributed by atoms with Crippen LogP contribution in [0.25, 0.3) is 0 Å². The summed E-state index contributed by atoms with van der Waals surface area (Å²) in [5, 5.41) is 6.32. The van der Waals surface area contributed by atoms with E-state index in [1.54, 1.807) is 45.5 Å².